The quantitative estimate of drug-likeness (QED) is 0.763. The number of halogens is 1. The molecule has 26 heavy (non-hydrogen) atoms. The molecular weight excluding hydrogens is 398 g/mol. The van der Waals surface area contributed by atoms with Gasteiger partial charge in [0.2, 0.25) is 0 Å². The van der Waals surface area contributed by atoms with Gasteiger partial charge in [0.15, 0.2) is 23.4 Å². The second-order valence-electron chi connectivity index (χ2n) is 8.85. The number of rotatable bonds is 2. The van der Waals surface area contributed by atoms with E-state index in [9.17, 15) is 15.0 Å². The second-order valence-corrected chi connectivity index (χ2v) is 8.85. The Hall–Kier alpha value is -1.11. The Morgan fingerprint density at radius 2 is 2.12 bits per heavy atom. The van der Waals surface area contributed by atoms with Crippen molar-refractivity contribution in [2.75, 3.05) is 19.6 Å². The zero-order chi connectivity index (χ0) is 17.0. The van der Waals surface area contributed by atoms with Gasteiger partial charge >= 0.3 is 0 Å². The first-order chi connectivity index (χ1) is 12.0. The third-order valence-electron chi connectivity index (χ3n) is 7.48. The van der Waals surface area contributed by atoms with Crippen molar-refractivity contribution in [1.82, 2.24) is 4.90 Å². The number of carbonyl (C=O) groups excluding carboxylic acids is 1. The van der Waals surface area contributed by atoms with Crippen LogP contribution in [0.2, 0.25) is 0 Å². The fraction of sp³-hybridized carbons (Fsp3) is 0.650. The van der Waals surface area contributed by atoms with Crippen LogP contribution in [0.25, 0.3) is 0 Å². The predicted octanol–water partition coefficient (Wildman–Crippen LogP) is 1.96. The number of hydrogen-bond acceptors (Lipinski definition) is 5. The summed E-state index contributed by atoms with van der Waals surface area (Å²) in [6.07, 6.45) is 3.61. The monoisotopic (exact) mass is 421 g/mol. The van der Waals surface area contributed by atoms with Crippen molar-refractivity contribution < 1.29 is 19.7 Å². The maximum absolute atomic E-state index is 12.8. The highest BCUT2D eigenvalue weighted by Gasteiger charge is 2.73. The number of ether oxygens (including phenoxy) is 1. The summed E-state index contributed by atoms with van der Waals surface area (Å²) in [6.45, 7) is 2.61. The van der Waals surface area contributed by atoms with Crippen LogP contribution in [0.3, 0.4) is 0 Å². The molecule has 6 heteroatoms. The molecule has 2 bridgehead atoms. The molecule has 1 unspecified atom stereocenters. The Balaban J connectivity index is 0.00000150. The Morgan fingerprint density at radius 1 is 1.31 bits per heavy atom. The number of likely N-dealkylation sites (tertiary alicyclic amines) is 1. The van der Waals surface area contributed by atoms with Crippen LogP contribution < -0.4 is 4.74 Å². The standard InChI is InChI=1S/C20H23NO4.BrH/c22-14-4-3-12-7-13-9-21(8-11-1-2-11)10-19-16(12)17(14)25-18(19)15(23)5-6-20(13,19)24;/h3-4,11,13,18,22,24H,1-2,5-10H2;1H/t13-,18+,19+,20?;/m1./s1. The molecule has 5 aliphatic rings. The van der Waals surface area contributed by atoms with Gasteiger partial charge in [-0.2, -0.15) is 0 Å². The lowest BCUT2D eigenvalue weighted by Crippen LogP contribution is -2.75. The van der Waals surface area contributed by atoms with Gasteiger partial charge in [0.1, 0.15) is 0 Å². The van der Waals surface area contributed by atoms with Crippen molar-refractivity contribution >= 4 is 22.8 Å². The van der Waals surface area contributed by atoms with Crippen molar-refractivity contribution in [1.29, 1.82) is 0 Å². The summed E-state index contributed by atoms with van der Waals surface area (Å²) in [7, 11) is 0. The van der Waals surface area contributed by atoms with Gasteiger partial charge in [-0.1, -0.05) is 6.07 Å². The summed E-state index contributed by atoms with van der Waals surface area (Å²) >= 11 is 0. The molecule has 2 saturated carbocycles. The van der Waals surface area contributed by atoms with E-state index in [2.05, 4.69) is 4.90 Å². The van der Waals surface area contributed by atoms with Gasteiger partial charge in [0, 0.05) is 37.5 Å². The lowest BCUT2D eigenvalue weighted by molar-refractivity contribution is -0.188. The first kappa shape index (κ1) is 17.0. The summed E-state index contributed by atoms with van der Waals surface area (Å²) in [5, 5.41) is 22.2. The molecule has 5 nitrogen and oxygen atoms in total. The highest BCUT2D eigenvalue weighted by molar-refractivity contribution is 8.93. The molecule has 1 aromatic carbocycles. The van der Waals surface area contributed by atoms with Gasteiger partial charge in [-0.15, -0.1) is 17.0 Å². The van der Waals surface area contributed by atoms with Gasteiger partial charge < -0.3 is 19.8 Å². The van der Waals surface area contributed by atoms with Crippen LogP contribution in [0, 0.1) is 11.8 Å². The highest BCUT2D eigenvalue weighted by atomic mass is 79.9. The summed E-state index contributed by atoms with van der Waals surface area (Å²) in [5.41, 5.74) is 0.454. The molecule has 2 N–H and O–H groups in total. The molecule has 4 atom stereocenters. The third-order valence-corrected chi connectivity index (χ3v) is 7.48. The zero-order valence-corrected chi connectivity index (χ0v) is 16.3. The van der Waals surface area contributed by atoms with Gasteiger partial charge in [0.25, 0.3) is 0 Å². The highest BCUT2D eigenvalue weighted by Crippen LogP contribution is 2.64. The maximum Gasteiger partial charge on any atom is 0.174 e. The number of aromatic hydroxyl groups is 1. The summed E-state index contributed by atoms with van der Waals surface area (Å²) in [6, 6.07) is 3.64. The molecule has 1 saturated heterocycles. The van der Waals surface area contributed by atoms with E-state index in [-0.39, 0.29) is 34.4 Å². The lowest BCUT2D eigenvalue weighted by Gasteiger charge is -2.61. The van der Waals surface area contributed by atoms with Gasteiger partial charge in [-0.3, -0.25) is 4.79 Å². The number of ketones is 1. The minimum atomic E-state index is -0.905. The van der Waals surface area contributed by atoms with E-state index in [1.165, 1.54) is 12.8 Å². The minimum Gasteiger partial charge on any atom is -0.504 e. The number of phenolic OH excluding ortho intramolecular Hbond substituents is 1. The number of phenols is 1. The molecule has 0 amide bonds. The van der Waals surface area contributed by atoms with Crippen LogP contribution in [0.4, 0.5) is 0 Å². The first-order valence-electron chi connectivity index (χ1n) is 9.52. The van der Waals surface area contributed by atoms with E-state index in [1.54, 1.807) is 6.07 Å². The van der Waals surface area contributed by atoms with Crippen molar-refractivity contribution in [2.24, 2.45) is 11.8 Å². The minimum absolute atomic E-state index is 0. The largest absolute Gasteiger partial charge is 0.504 e. The van der Waals surface area contributed by atoms with Crippen LogP contribution in [-0.4, -0.2) is 52.2 Å². The number of nitrogens with zero attached hydrogens (tertiary/aromatic N) is 1. The van der Waals surface area contributed by atoms with E-state index in [1.807, 2.05) is 6.07 Å². The number of hydrogen-bond donors (Lipinski definition) is 2. The van der Waals surface area contributed by atoms with Crippen molar-refractivity contribution in [3.63, 3.8) is 0 Å². The van der Waals surface area contributed by atoms with E-state index >= 15 is 0 Å². The fourth-order valence-electron chi connectivity index (χ4n) is 6.24. The number of Topliss-reactive ketones (excluding diaryl/α,β-unsaturated/α-hetero) is 1. The molecule has 1 spiro atoms. The van der Waals surface area contributed by atoms with Crippen molar-refractivity contribution in [3.05, 3.63) is 23.3 Å². The van der Waals surface area contributed by atoms with Crippen molar-refractivity contribution in [2.45, 2.75) is 49.2 Å². The van der Waals surface area contributed by atoms with Crippen LogP contribution >= 0.6 is 17.0 Å². The van der Waals surface area contributed by atoms with Crippen LogP contribution in [0.5, 0.6) is 11.5 Å². The second kappa shape index (κ2) is 5.24. The molecule has 1 aromatic rings. The molecule has 3 aliphatic carbocycles. The number of benzene rings is 1. The Morgan fingerprint density at radius 3 is 2.88 bits per heavy atom. The summed E-state index contributed by atoms with van der Waals surface area (Å²) in [5.74, 6) is 1.51. The Kier molecular flexibility index (Phi) is 3.43. The molecule has 6 rings (SSSR count). The van der Waals surface area contributed by atoms with Crippen molar-refractivity contribution in [3.8, 4) is 11.5 Å². The topological polar surface area (TPSA) is 70.0 Å². The molecule has 0 radical (unpaired) electrons. The molecule has 3 fully saturated rings. The smallest absolute Gasteiger partial charge is 0.174 e. The summed E-state index contributed by atoms with van der Waals surface area (Å²) < 4.78 is 6.07. The molecule has 140 valence electrons. The number of aliphatic hydroxyl groups is 1. The predicted molar refractivity (Wildman–Crippen MR) is 100 cm³/mol. The van der Waals surface area contributed by atoms with Crippen LogP contribution in [0.1, 0.15) is 36.8 Å². The lowest BCUT2D eigenvalue weighted by atomic mass is 9.48. The van der Waals surface area contributed by atoms with Gasteiger partial charge in [-0.05, 0) is 43.2 Å². The van der Waals surface area contributed by atoms with E-state index in [0.717, 1.165) is 36.6 Å². The normalized spacial score (nSPS) is 39.8. The first-order valence-corrected chi connectivity index (χ1v) is 9.52. The Bertz CT molecular complexity index is 809. The Labute approximate surface area is 163 Å². The number of piperidine rings is 1. The molecule has 2 aliphatic heterocycles. The maximum atomic E-state index is 12.8. The SMILES string of the molecule is Br.O=C1CCC2(O)[C@@H]3Cc4ccc(O)c5c4[C@@]2(CN(CC2CC2)C3)[C@H]1O5. The van der Waals surface area contributed by atoms with E-state index in [0.29, 0.717) is 25.1 Å². The van der Waals surface area contributed by atoms with Crippen LogP contribution in [0.15, 0.2) is 12.1 Å². The summed E-state index contributed by atoms with van der Waals surface area (Å²) in [4.78, 5) is 15.2. The molecular formula is C20H24BrNO4. The van der Waals surface area contributed by atoms with Gasteiger partial charge in [0.05, 0.1) is 11.0 Å². The third kappa shape index (κ3) is 1.86. The number of carbonyl (C=O) groups is 1. The molecule has 2 heterocycles. The van der Waals surface area contributed by atoms with E-state index in [4.69, 9.17) is 4.74 Å². The van der Waals surface area contributed by atoms with E-state index < -0.39 is 17.1 Å². The van der Waals surface area contributed by atoms with Gasteiger partial charge in [-0.25, -0.2) is 0 Å². The zero-order valence-electron chi connectivity index (χ0n) is 14.6. The average molecular weight is 422 g/mol. The fourth-order valence-corrected chi connectivity index (χ4v) is 6.24. The molecule has 0 aromatic heterocycles. The average Bonchev–Trinajstić information content (AvgIpc) is 3.30. The van der Waals surface area contributed by atoms with Crippen LogP contribution in [-0.2, 0) is 16.6 Å².